The first-order valence-electron chi connectivity index (χ1n) is 12.5. The van der Waals surface area contributed by atoms with Crippen LogP contribution in [-0.2, 0) is 7.05 Å². The van der Waals surface area contributed by atoms with Crippen LogP contribution in [-0.4, -0.2) is 91.8 Å². The van der Waals surface area contributed by atoms with Crippen LogP contribution in [0.3, 0.4) is 0 Å². The summed E-state index contributed by atoms with van der Waals surface area (Å²) in [6.45, 7) is 4.95. The second-order valence-corrected chi connectivity index (χ2v) is 9.69. The van der Waals surface area contributed by atoms with Gasteiger partial charge in [-0.15, -0.1) is 0 Å². The summed E-state index contributed by atoms with van der Waals surface area (Å²) in [6, 6.07) is 8.41. The van der Waals surface area contributed by atoms with Gasteiger partial charge in [-0.05, 0) is 56.3 Å². The highest BCUT2D eigenvalue weighted by atomic mass is 16.2. The molecule has 3 aromatic heterocycles. The van der Waals surface area contributed by atoms with Crippen LogP contribution in [0.1, 0.15) is 18.5 Å². The molecule has 36 heavy (non-hydrogen) atoms. The van der Waals surface area contributed by atoms with E-state index in [9.17, 15) is 4.79 Å². The number of benzene rings is 1. The molecular formula is C26H31N9O. The Morgan fingerprint density at radius 1 is 1.03 bits per heavy atom. The lowest BCUT2D eigenvalue weighted by atomic mass is 10.0. The van der Waals surface area contributed by atoms with E-state index in [-0.39, 0.29) is 6.03 Å². The van der Waals surface area contributed by atoms with Crippen LogP contribution in [0, 0.1) is 0 Å². The van der Waals surface area contributed by atoms with Gasteiger partial charge in [-0.25, -0.2) is 14.8 Å². The molecule has 1 aromatic carbocycles. The molecule has 186 valence electrons. The molecule has 2 N–H and O–H groups in total. The summed E-state index contributed by atoms with van der Waals surface area (Å²) in [5.41, 5.74) is 5.05. The zero-order valence-corrected chi connectivity index (χ0v) is 20.7. The minimum Gasteiger partial charge on any atom is -0.340 e. The lowest BCUT2D eigenvalue weighted by Gasteiger charge is -2.32. The number of aryl methyl sites for hydroxylation is 1. The Morgan fingerprint density at radius 2 is 1.94 bits per heavy atom. The topological polar surface area (TPSA) is 98.2 Å². The summed E-state index contributed by atoms with van der Waals surface area (Å²) >= 11 is 0. The van der Waals surface area contributed by atoms with Crippen molar-refractivity contribution >= 4 is 45.0 Å². The number of amides is 2. The Hall–Kier alpha value is -3.92. The van der Waals surface area contributed by atoms with Crippen molar-refractivity contribution in [1.82, 2.24) is 39.4 Å². The number of anilines is 2. The number of fused-ring (bicyclic) bond motifs is 2. The van der Waals surface area contributed by atoms with Gasteiger partial charge in [0.2, 0.25) is 0 Å². The Morgan fingerprint density at radius 3 is 2.81 bits per heavy atom. The fourth-order valence-corrected chi connectivity index (χ4v) is 5.12. The summed E-state index contributed by atoms with van der Waals surface area (Å²) in [4.78, 5) is 31.7. The summed E-state index contributed by atoms with van der Waals surface area (Å²) in [7, 11) is 4.06. The van der Waals surface area contributed by atoms with Gasteiger partial charge in [-0.3, -0.25) is 4.68 Å². The number of aromatic amines is 1. The number of carbonyl (C=O) groups excluding carboxylic acids is 1. The molecule has 10 heteroatoms. The van der Waals surface area contributed by atoms with E-state index in [1.165, 1.54) is 5.57 Å². The van der Waals surface area contributed by atoms with Crippen LogP contribution in [0.5, 0.6) is 0 Å². The van der Waals surface area contributed by atoms with Gasteiger partial charge in [-0.2, -0.15) is 5.10 Å². The van der Waals surface area contributed by atoms with E-state index in [0.29, 0.717) is 13.1 Å². The zero-order chi connectivity index (χ0) is 24.6. The van der Waals surface area contributed by atoms with Crippen molar-refractivity contribution in [2.75, 3.05) is 51.6 Å². The number of nitrogens with zero attached hydrogens (tertiary/aromatic N) is 7. The molecule has 2 amide bonds. The van der Waals surface area contributed by atoms with Gasteiger partial charge in [0.1, 0.15) is 17.8 Å². The molecule has 0 spiro atoms. The maximum Gasteiger partial charge on any atom is 0.320 e. The number of urea groups is 1. The van der Waals surface area contributed by atoms with E-state index < -0.39 is 0 Å². The number of aromatic nitrogens is 5. The molecule has 4 aromatic rings. The van der Waals surface area contributed by atoms with E-state index >= 15 is 0 Å². The highest BCUT2D eigenvalue weighted by molar-refractivity contribution is 5.93. The first-order valence-corrected chi connectivity index (χ1v) is 12.5. The Labute approximate surface area is 209 Å². The highest BCUT2D eigenvalue weighted by Gasteiger charge is 2.25. The van der Waals surface area contributed by atoms with E-state index in [4.69, 9.17) is 0 Å². The molecule has 10 nitrogen and oxygen atoms in total. The number of likely N-dealkylation sites (N-methyl/N-ethyl adjacent to an activating group) is 1. The molecule has 0 radical (unpaired) electrons. The average molecular weight is 486 g/mol. The molecule has 1 fully saturated rings. The molecule has 1 saturated heterocycles. The van der Waals surface area contributed by atoms with Crippen LogP contribution in [0.25, 0.3) is 27.5 Å². The number of nitrogens with one attached hydrogen (secondary N) is 2. The zero-order valence-electron chi connectivity index (χ0n) is 20.7. The summed E-state index contributed by atoms with van der Waals surface area (Å²) in [5.74, 6) is 0.755. The summed E-state index contributed by atoms with van der Waals surface area (Å²) in [6.07, 6.45) is 7.42. The molecule has 0 bridgehead atoms. The van der Waals surface area contributed by atoms with E-state index in [1.54, 1.807) is 6.33 Å². The Kier molecular flexibility index (Phi) is 5.80. The van der Waals surface area contributed by atoms with Gasteiger partial charge in [0.15, 0.2) is 0 Å². The van der Waals surface area contributed by atoms with Crippen LogP contribution in [0.2, 0.25) is 0 Å². The molecular weight excluding hydrogens is 454 g/mol. The SMILES string of the molecule is CN1CCCN(C(=O)N2CC=C(c3cc4c(Nc5ccc6c(cnn6C)c5)ncnc4[nH]3)CC2)CC1. The molecule has 0 atom stereocenters. The van der Waals surface area contributed by atoms with Gasteiger partial charge in [0, 0.05) is 56.5 Å². The molecule has 0 saturated carbocycles. The normalized spacial score (nSPS) is 17.4. The quantitative estimate of drug-likeness (QED) is 0.461. The minimum atomic E-state index is 0.153. The number of hydrogen-bond acceptors (Lipinski definition) is 6. The van der Waals surface area contributed by atoms with E-state index in [2.05, 4.69) is 61.6 Å². The van der Waals surface area contributed by atoms with Crippen molar-refractivity contribution in [3.8, 4) is 0 Å². The summed E-state index contributed by atoms with van der Waals surface area (Å²) < 4.78 is 1.86. The molecule has 0 aliphatic carbocycles. The molecule has 6 rings (SSSR count). The van der Waals surface area contributed by atoms with Gasteiger partial charge >= 0.3 is 6.03 Å². The van der Waals surface area contributed by atoms with Crippen molar-refractivity contribution in [2.45, 2.75) is 12.8 Å². The number of H-pyrrole nitrogens is 1. The van der Waals surface area contributed by atoms with Crippen molar-refractivity contribution in [2.24, 2.45) is 7.05 Å². The van der Waals surface area contributed by atoms with Crippen LogP contribution < -0.4 is 5.32 Å². The van der Waals surface area contributed by atoms with Crippen LogP contribution in [0.4, 0.5) is 16.3 Å². The van der Waals surface area contributed by atoms with E-state index in [1.807, 2.05) is 33.8 Å². The van der Waals surface area contributed by atoms with E-state index in [0.717, 1.165) is 78.2 Å². The van der Waals surface area contributed by atoms with Crippen molar-refractivity contribution in [1.29, 1.82) is 0 Å². The van der Waals surface area contributed by atoms with Crippen LogP contribution in [0.15, 0.2) is 42.9 Å². The summed E-state index contributed by atoms with van der Waals surface area (Å²) in [5, 5.41) is 9.77. The van der Waals surface area contributed by atoms with Gasteiger partial charge in [-0.1, -0.05) is 6.08 Å². The number of rotatable bonds is 3. The molecule has 5 heterocycles. The average Bonchev–Trinajstić information content (AvgIpc) is 3.43. The molecule has 2 aliphatic heterocycles. The van der Waals surface area contributed by atoms with Crippen LogP contribution >= 0.6 is 0 Å². The first kappa shape index (κ1) is 22.5. The van der Waals surface area contributed by atoms with Crippen molar-refractivity contribution in [3.05, 3.63) is 48.6 Å². The van der Waals surface area contributed by atoms with Crippen molar-refractivity contribution in [3.63, 3.8) is 0 Å². The fraction of sp³-hybridized carbons (Fsp3) is 0.385. The third-order valence-electron chi connectivity index (χ3n) is 7.25. The first-order chi connectivity index (χ1) is 17.5. The smallest absolute Gasteiger partial charge is 0.320 e. The third kappa shape index (κ3) is 4.28. The predicted molar refractivity (Wildman–Crippen MR) is 141 cm³/mol. The van der Waals surface area contributed by atoms with Gasteiger partial charge < -0.3 is 25.0 Å². The molecule has 0 unspecified atom stereocenters. The maximum atomic E-state index is 13.1. The monoisotopic (exact) mass is 485 g/mol. The second kappa shape index (κ2) is 9.27. The fourth-order valence-electron chi connectivity index (χ4n) is 5.12. The maximum absolute atomic E-state index is 13.1. The Balaban J connectivity index is 1.19. The largest absolute Gasteiger partial charge is 0.340 e. The van der Waals surface area contributed by atoms with Gasteiger partial charge in [0.05, 0.1) is 17.1 Å². The standard InChI is InChI=1S/C26H31N9O/c1-32-8-3-9-34(13-12-32)26(36)35-10-6-18(7-11-35)22-15-21-24(27-17-28-25(21)31-22)30-20-4-5-23-19(14-20)16-29-33(23)2/h4-6,14-17H,3,7-13H2,1-2H3,(H2,27,28,30,31). The van der Waals surface area contributed by atoms with Crippen molar-refractivity contribution < 1.29 is 4.79 Å². The number of hydrogen-bond donors (Lipinski definition) is 2. The molecule has 2 aliphatic rings. The minimum absolute atomic E-state index is 0.153. The Bertz CT molecular complexity index is 1450. The number of carbonyl (C=O) groups is 1. The lowest BCUT2D eigenvalue weighted by molar-refractivity contribution is 0.159. The predicted octanol–water partition coefficient (Wildman–Crippen LogP) is 3.43. The third-order valence-corrected chi connectivity index (χ3v) is 7.25. The second-order valence-electron chi connectivity index (χ2n) is 9.69. The highest BCUT2D eigenvalue weighted by Crippen LogP contribution is 2.30. The lowest BCUT2D eigenvalue weighted by Crippen LogP contribution is -2.46. The van der Waals surface area contributed by atoms with Gasteiger partial charge in [0.25, 0.3) is 0 Å².